The fourth-order valence-electron chi connectivity index (χ4n) is 2.84. The zero-order valence-corrected chi connectivity index (χ0v) is 18.4. The van der Waals surface area contributed by atoms with E-state index in [0.29, 0.717) is 17.2 Å². The minimum absolute atomic E-state index is 0.358. The zero-order chi connectivity index (χ0) is 23.0. The molecule has 0 aliphatic rings. The number of urea groups is 1. The molecule has 0 unspecified atom stereocenters. The molecule has 2 aromatic rings. The van der Waals surface area contributed by atoms with Crippen LogP contribution in [0.5, 0.6) is 0 Å². The monoisotopic (exact) mass is 424 g/mol. The Morgan fingerprint density at radius 1 is 1.39 bits per heavy atom. The highest BCUT2D eigenvalue weighted by atomic mass is 19.1. The minimum Gasteiger partial charge on any atom is -0.351 e. The molecule has 0 radical (unpaired) electrons. The maximum Gasteiger partial charge on any atom is 0.317 e. The highest BCUT2D eigenvalue weighted by molar-refractivity contribution is 5.91. The van der Waals surface area contributed by atoms with Crippen LogP contribution in [0.15, 0.2) is 59.9 Å². The van der Waals surface area contributed by atoms with Gasteiger partial charge in [0.05, 0.1) is 17.6 Å². The molecule has 0 atom stereocenters. The van der Waals surface area contributed by atoms with Crippen molar-refractivity contribution in [3.05, 3.63) is 71.8 Å². The number of unbranched alkanes of at least 4 members (excludes halogenated alkanes) is 1. The quantitative estimate of drug-likeness (QED) is 0.337. The van der Waals surface area contributed by atoms with Gasteiger partial charge in [-0.25, -0.2) is 13.9 Å². The lowest BCUT2D eigenvalue weighted by atomic mass is 10.0. The average molecular weight is 425 g/mol. The molecular weight excluding hydrogens is 395 g/mol. The smallest absolute Gasteiger partial charge is 0.317 e. The number of amides is 2. The van der Waals surface area contributed by atoms with Crippen LogP contribution >= 0.6 is 0 Å². The number of aromatic nitrogens is 2. The van der Waals surface area contributed by atoms with Crippen LogP contribution in [0.3, 0.4) is 0 Å². The largest absolute Gasteiger partial charge is 0.351 e. The normalized spacial score (nSPS) is 12.3. The summed E-state index contributed by atoms with van der Waals surface area (Å²) in [6.45, 7) is 9.56. The second kappa shape index (κ2) is 10.9. The van der Waals surface area contributed by atoms with Crippen molar-refractivity contribution in [3.8, 4) is 5.69 Å². The lowest BCUT2D eigenvalue weighted by molar-refractivity contribution is 0.259. The first-order valence-corrected chi connectivity index (χ1v) is 9.97. The van der Waals surface area contributed by atoms with Gasteiger partial charge in [0, 0.05) is 18.8 Å². The van der Waals surface area contributed by atoms with Crippen LogP contribution in [0.1, 0.15) is 37.9 Å². The predicted molar refractivity (Wildman–Crippen MR) is 125 cm³/mol. The van der Waals surface area contributed by atoms with E-state index >= 15 is 0 Å². The van der Waals surface area contributed by atoms with Gasteiger partial charge in [-0.3, -0.25) is 10.3 Å². The van der Waals surface area contributed by atoms with E-state index in [1.165, 1.54) is 12.1 Å². The topological polar surface area (TPSA) is 88.5 Å². The van der Waals surface area contributed by atoms with Crippen LogP contribution in [0.4, 0.5) is 15.0 Å². The predicted octanol–water partition coefficient (Wildman–Crippen LogP) is 5.00. The SMILES string of the molecule is C=CN(C)\N=C/C(C)=C/C(=C\CCC)c1nn(-c2ccc(F)cc2)c(NC(N)=O)c1C. The third-order valence-corrected chi connectivity index (χ3v) is 4.45. The third kappa shape index (κ3) is 6.40. The molecule has 0 fully saturated rings. The summed E-state index contributed by atoms with van der Waals surface area (Å²) in [6, 6.07) is 5.15. The maximum absolute atomic E-state index is 13.4. The first-order chi connectivity index (χ1) is 14.8. The number of allylic oxidation sites excluding steroid dienone is 4. The van der Waals surface area contributed by atoms with Crippen LogP contribution in [0.25, 0.3) is 11.3 Å². The van der Waals surface area contributed by atoms with Gasteiger partial charge in [0.15, 0.2) is 0 Å². The molecule has 0 spiro atoms. The van der Waals surface area contributed by atoms with E-state index in [9.17, 15) is 9.18 Å². The van der Waals surface area contributed by atoms with Gasteiger partial charge in [0.25, 0.3) is 0 Å². The summed E-state index contributed by atoms with van der Waals surface area (Å²) in [7, 11) is 1.79. The standard InChI is InChI=1S/C23H29FN6O/c1-6-8-9-18(14-16(3)15-26-29(5)7-2)21-17(4)22(27-23(25)31)30(28-21)20-12-10-19(24)11-13-20/h7,9-15H,2,6,8H2,1,3-5H3,(H3,25,27,31)/b16-14+,18-9+,26-15-. The van der Waals surface area contributed by atoms with E-state index in [4.69, 9.17) is 10.8 Å². The summed E-state index contributed by atoms with van der Waals surface area (Å²) >= 11 is 0. The zero-order valence-electron chi connectivity index (χ0n) is 18.4. The van der Waals surface area contributed by atoms with Crippen molar-refractivity contribution in [3.63, 3.8) is 0 Å². The van der Waals surface area contributed by atoms with E-state index in [-0.39, 0.29) is 5.82 Å². The molecule has 3 N–H and O–H groups in total. The Hall–Kier alpha value is -3.68. The molecule has 2 rings (SSSR count). The van der Waals surface area contributed by atoms with Crippen LogP contribution in [0.2, 0.25) is 0 Å². The molecule has 1 aromatic carbocycles. The molecule has 1 heterocycles. The lowest BCUT2D eigenvalue weighted by Gasteiger charge is -2.08. The summed E-state index contributed by atoms with van der Waals surface area (Å²) in [5.41, 5.74) is 9.22. The van der Waals surface area contributed by atoms with Crippen LogP contribution in [0, 0.1) is 12.7 Å². The molecule has 7 nitrogen and oxygen atoms in total. The van der Waals surface area contributed by atoms with Gasteiger partial charge >= 0.3 is 6.03 Å². The molecular formula is C23H29FN6O. The van der Waals surface area contributed by atoms with Gasteiger partial charge in [-0.15, -0.1) is 0 Å². The van der Waals surface area contributed by atoms with E-state index in [1.54, 1.807) is 41.3 Å². The number of primary amides is 1. The molecule has 31 heavy (non-hydrogen) atoms. The van der Waals surface area contributed by atoms with Crippen molar-refractivity contribution in [2.24, 2.45) is 10.8 Å². The van der Waals surface area contributed by atoms with Crippen LogP contribution < -0.4 is 11.1 Å². The molecule has 0 bridgehead atoms. The fourth-order valence-corrected chi connectivity index (χ4v) is 2.84. The van der Waals surface area contributed by atoms with Crippen molar-refractivity contribution in [1.82, 2.24) is 14.8 Å². The van der Waals surface area contributed by atoms with E-state index in [1.807, 2.05) is 19.9 Å². The van der Waals surface area contributed by atoms with E-state index in [2.05, 4.69) is 30.0 Å². The number of hydrogen-bond acceptors (Lipinski definition) is 4. The van der Waals surface area contributed by atoms with Gasteiger partial charge in [0.2, 0.25) is 0 Å². The van der Waals surface area contributed by atoms with Crippen molar-refractivity contribution in [1.29, 1.82) is 0 Å². The summed E-state index contributed by atoms with van der Waals surface area (Å²) in [4.78, 5) is 11.6. The van der Waals surface area contributed by atoms with Crippen molar-refractivity contribution in [2.75, 3.05) is 12.4 Å². The van der Waals surface area contributed by atoms with Crippen LogP contribution in [-0.2, 0) is 0 Å². The second-order valence-electron chi connectivity index (χ2n) is 7.04. The maximum atomic E-state index is 13.4. The Balaban J connectivity index is 2.60. The number of hydrogen-bond donors (Lipinski definition) is 2. The number of carbonyl (C=O) groups excluding carboxylic acids is 1. The van der Waals surface area contributed by atoms with Gasteiger partial charge in [-0.05, 0) is 61.8 Å². The van der Waals surface area contributed by atoms with Crippen molar-refractivity contribution < 1.29 is 9.18 Å². The molecule has 1 aromatic heterocycles. The lowest BCUT2D eigenvalue weighted by Crippen LogP contribution is -2.21. The third-order valence-electron chi connectivity index (χ3n) is 4.45. The van der Waals surface area contributed by atoms with Gasteiger partial charge in [0.1, 0.15) is 11.6 Å². The summed E-state index contributed by atoms with van der Waals surface area (Å²) < 4.78 is 15.0. The van der Waals surface area contributed by atoms with E-state index < -0.39 is 6.03 Å². The summed E-state index contributed by atoms with van der Waals surface area (Å²) in [5, 5.41) is 13.2. The van der Waals surface area contributed by atoms with Gasteiger partial charge in [-0.1, -0.05) is 26.0 Å². The van der Waals surface area contributed by atoms with Crippen molar-refractivity contribution in [2.45, 2.75) is 33.6 Å². The number of nitrogens with zero attached hydrogens (tertiary/aromatic N) is 4. The number of rotatable bonds is 9. The minimum atomic E-state index is -0.705. The second-order valence-corrected chi connectivity index (χ2v) is 7.04. The number of hydrazone groups is 1. The Bertz CT molecular complexity index is 1020. The number of nitrogens with one attached hydrogen (secondary N) is 1. The van der Waals surface area contributed by atoms with Gasteiger partial charge < -0.3 is 5.73 Å². The Morgan fingerprint density at radius 3 is 2.65 bits per heavy atom. The number of benzene rings is 1. The molecule has 2 amide bonds. The first kappa shape index (κ1) is 23.6. The number of carbonyl (C=O) groups is 1. The first-order valence-electron chi connectivity index (χ1n) is 9.97. The number of anilines is 1. The molecule has 0 aliphatic heterocycles. The number of halogens is 1. The van der Waals surface area contributed by atoms with Crippen molar-refractivity contribution >= 4 is 23.6 Å². The Morgan fingerprint density at radius 2 is 2.06 bits per heavy atom. The Labute approximate surface area is 182 Å². The molecule has 0 aliphatic carbocycles. The molecule has 0 saturated heterocycles. The average Bonchev–Trinajstić information content (AvgIpc) is 3.05. The molecule has 8 heteroatoms. The number of nitrogens with two attached hydrogens (primary N) is 1. The molecule has 164 valence electrons. The van der Waals surface area contributed by atoms with Crippen LogP contribution in [-0.4, -0.2) is 34.1 Å². The van der Waals surface area contributed by atoms with E-state index in [0.717, 1.165) is 29.6 Å². The Kier molecular flexibility index (Phi) is 8.31. The molecule has 0 saturated carbocycles. The fraction of sp³-hybridized carbons (Fsp3) is 0.261. The highest BCUT2D eigenvalue weighted by Gasteiger charge is 2.19. The summed E-state index contributed by atoms with van der Waals surface area (Å²) in [5.74, 6) is 0.0748. The summed E-state index contributed by atoms with van der Waals surface area (Å²) in [6.07, 6.45) is 9.23. The highest BCUT2D eigenvalue weighted by Crippen LogP contribution is 2.29. The van der Waals surface area contributed by atoms with Gasteiger partial charge in [-0.2, -0.15) is 10.2 Å².